The van der Waals surface area contributed by atoms with E-state index in [2.05, 4.69) is 35.4 Å². The minimum atomic E-state index is -0.417. The maximum Gasteiger partial charge on any atom is 0.263 e. The van der Waals surface area contributed by atoms with Gasteiger partial charge in [-0.1, -0.05) is 0 Å². The van der Waals surface area contributed by atoms with Crippen LogP contribution in [0.4, 0.5) is 11.4 Å². The lowest BCUT2D eigenvalue weighted by atomic mass is 10.1. The van der Waals surface area contributed by atoms with Crippen LogP contribution in [-0.4, -0.2) is 39.3 Å². The molecule has 0 spiro atoms. The van der Waals surface area contributed by atoms with Crippen LogP contribution < -0.4 is 27.9 Å². The summed E-state index contributed by atoms with van der Waals surface area (Å²) in [4.78, 5) is 14.1. The molecule has 1 aromatic rings. The number of benzene rings is 1. The highest BCUT2D eigenvalue weighted by molar-refractivity contribution is 5.97. The number of anilines is 2. The molecule has 2 N–H and O–H groups in total. The summed E-state index contributed by atoms with van der Waals surface area (Å²) in [6, 6.07) is 7.98. The predicted octanol–water partition coefficient (Wildman–Crippen LogP) is -0.573. The van der Waals surface area contributed by atoms with E-state index in [1.807, 2.05) is 25.1 Å². The second-order valence-electron chi connectivity index (χ2n) is 5.23. The minimum absolute atomic E-state index is 0. The van der Waals surface area contributed by atoms with Crippen LogP contribution in [0.15, 0.2) is 30.0 Å². The van der Waals surface area contributed by atoms with Crippen LogP contribution in [-0.2, 0) is 9.53 Å². The highest BCUT2D eigenvalue weighted by Crippen LogP contribution is 2.22. The van der Waals surface area contributed by atoms with Crippen molar-refractivity contribution in [3.05, 3.63) is 35.5 Å². The Labute approximate surface area is 156 Å². The smallest absolute Gasteiger partial charge is 0.263 e. The van der Waals surface area contributed by atoms with E-state index in [9.17, 15) is 4.79 Å². The van der Waals surface area contributed by atoms with E-state index in [0.717, 1.165) is 30.0 Å². The fourth-order valence-corrected chi connectivity index (χ4v) is 2.26. The number of hydrogen-bond donors (Lipinski definition) is 2. The first kappa shape index (κ1) is 22.8. The standard InChI is InChI=1S/C18H26N4O2.ClH/c1-5-22(6-2)16-7-8-17(14(3)11-16)21-13-15(12-19)18(23)20-9-10-24-4;/h7-8,11,13,21H,5-6,9-10H2,1-4H3,(H,20,23);1H/p-1/b15-13-;. The normalized spacial score (nSPS) is 10.4. The summed E-state index contributed by atoms with van der Waals surface area (Å²) in [6.07, 6.45) is 1.43. The zero-order valence-electron chi connectivity index (χ0n) is 15.2. The third-order valence-corrected chi connectivity index (χ3v) is 3.67. The van der Waals surface area contributed by atoms with Crippen molar-refractivity contribution in [2.24, 2.45) is 0 Å². The number of aryl methyl sites for hydroxylation is 1. The number of amides is 1. The van der Waals surface area contributed by atoms with E-state index in [1.54, 1.807) is 7.11 Å². The molecule has 6 nitrogen and oxygen atoms in total. The van der Waals surface area contributed by atoms with E-state index in [0.29, 0.717) is 13.2 Å². The molecule has 0 fully saturated rings. The molecule has 1 aromatic carbocycles. The van der Waals surface area contributed by atoms with Crippen LogP contribution in [0.25, 0.3) is 0 Å². The zero-order chi connectivity index (χ0) is 17.9. The molecule has 25 heavy (non-hydrogen) atoms. The van der Waals surface area contributed by atoms with Gasteiger partial charge in [-0.05, 0) is 44.5 Å². The Morgan fingerprint density at radius 2 is 2.04 bits per heavy atom. The zero-order valence-corrected chi connectivity index (χ0v) is 16.0. The highest BCUT2D eigenvalue weighted by atomic mass is 35.5. The highest BCUT2D eigenvalue weighted by Gasteiger charge is 2.09. The number of rotatable bonds is 9. The van der Waals surface area contributed by atoms with Gasteiger partial charge >= 0.3 is 0 Å². The molecule has 1 amide bonds. The second kappa shape index (κ2) is 12.2. The molecule has 0 aliphatic heterocycles. The Kier molecular flexibility index (Phi) is 11.1. The molecule has 7 heteroatoms. The average Bonchev–Trinajstić information content (AvgIpc) is 2.58. The van der Waals surface area contributed by atoms with E-state index in [4.69, 9.17) is 10.00 Å². The van der Waals surface area contributed by atoms with E-state index in [-0.39, 0.29) is 18.0 Å². The quantitative estimate of drug-likeness (QED) is 0.348. The lowest BCUT2D eigenvalue weighted by molar-refractivity contribution is -0.117. The minimum Gasteiger partial charge on any atom is -1.00 e. The number of carbonyl (C=O) groups is 1. The van der Waals surface area contributed by atoms with Gasteiger partial charge < -0.3 is 32.7 Å². The number of hydrogen-bond acceptors (Lipinski definition) is 5. The number of ether oxygens (including phenoxy) is 1. The lowest BCUT2D eigenvalue weighted by Crippen LogP contribution is -3.00. The van der Waals surface area contributed by atoms with Crippen molar-refractivity contribution in [2.45, 2.75) is 20.8 Å². The third-order valence-electron chi connectivity index (χ3n) is 3.67. The van der Waals surface area contributed by atoms with Gasteiger partial charge in [-0.3, -0.25) is 4.79 Å². The predicted molar refractivity (Wildman–Crippen MR) is 96.9 cm³/mol. The summed E-state index contributed by atoms with van der Waals surface area (Å²) in [5.41, 5.74) is 3.10. The molecular formula is C18H26ClN4O2-. The van der Waals surface area contributed by atoms with Gasteiger partial charge in [0.05, 0.1) is 6.61 Å². The number of halogens is 1. The van der Waals surface area contributed by atoms with Crippen molar-refractivity contribution in [3.8, 4) is 6.07 Å². The molecule has 0 aromatic heterocycles. The Bertz CT molecular complexity index is 622. The number of nitrogens with one attached hydrogen (secondary N) is 2. The van der Waals surface area contributed by atoms with Crippen LogP contribution in [0, 0.1) is 18.3 Å². The van der Waals surface area contributed by atoms with E-state index < -0.39 is 5.91 Å². The second-order valence-corrected chi connectivity index (χ2v) is 5.23. The van der Waals surface area contributed by atoms with Gasteiger partial charge in [-0.2, -0.15) is 5.26 Å². The molecule has 0 heterocycles. The van der Waals surface area contributed by atoms with Crippen molar-refractivity contribution in [1.29, 1.82) is 5.26 Å². The Balaban J connectivity index is 0.00000576. The van der Waals surface area contributed by atoms with Gasteiger partial charge in [-0.25, -0.2) is 0 Å². The molecule has 0 bridgehead atoms. The first-order valence-electron chi connectivity index (χ1n) is 8.06. The fraction of sp³-hybridized carbons (Fsp3) is 0.444. The maximum absolute atomic E-state index is 11.9. The summed E-state index contributed by atoms with van der Waals surface area (Å²) in [5.74, 6) is -0.417. The van der Waals surface area contributed by atoms with E-state index >= 15 is 0 Å². The molecule has 0 saturated heterocycles. The van der Waals surface area contributed by atoms with Crippen LogP contribution in [0.2, 0.25) is 0 Å². The van der Waals surface area contributed by atoms with Gasteiger partial charge in [0.1, 0.15) is 11.6 Å². The summed E-state index contributed by atoms with van der Waals surface area (Å²) in [7, 11) is 1.55. The molecule has 138 valence electrons. The van der Waals surface area contributed by atoms with Crippen molar-refractivity contribution < 1.29 is 21.9 Å². The fourth-order valence-electron chi connectivity index (χ4n) is 2.26. The van der Waals surface area contributed by atoms with Crippen LogP contribution in [0.5, 0.6) is 0 Å². The molecular weight excluding hydrogens is 340 g/mol. The number of carbonyl (C=O) groups excluding carboxylic acids is 1. The lowest BCUT2D eigenvalue weighted by Gasteiger charge is -2.22. The molecule has 0 aliphatic carbocycles. The SMILES string of the molecule is CCN(CC)c1ccc(N/C=C(/C#N)C(=O)NCCOC)c(C)c1.[Cl-]. The molecule has 1 rings (SSSR count). The topological polar surface area (TPSA) is 77.4 Å². The number of nitrogens with zero attached hydrogens (tertiary/aromatic N) is 2. The van der Waals surface area contributed by atoms with Crippen molar-refractivity contribution >= 4 is 17.3 Å². The summed E-state index contributed by atoms with van der Waals surface area (Å²) < 4.78 is 4.86. The average molecular weight is 366 g/mol. The van der Waals surface area contributed by atoms with Gasteiger partial charge in [0, 0.05) is 44.3 Å². The maximum atomic E-state index is 11.9. The van der Waals surface area contributed by atoms with Crippen molar-refractivity contribution in [1.82, 2.24) is 5.32 Å². The first-order chi connectivity index (χ1) is 11.6. The Hall–Kier alpha value is -2.23. The molecule has 0 unspecified atom stereocenters. The van der Waals surface area contributed by atoms with Gasteiger partial charge in [0.15, 0.2) is 0 Å². The Morgan fingerprint density at radius 1 is 1.36 bits per heavy atom. The summed E-state index contributed by atoms with van der Waals surface area (Å²) >= 11 is 0. The first-order valence-corrected chi connectivity index (χ1v) is 8.06. The largest absolute Gasteiger partial charge is 1.00 e. The monoisotopic (exact) mass is 365 g/mol. The molecule has 0 radical (unpaired) electrons. The van der Waals surface area contributed by atoms with Crippen molar-refractivity contribution in [3.63, 3.8) is 0 Å². The Morgan fingerprint density at radius 3 is 2.56 bits per heavy atom. The van der Waals surface area contributed by atoms with Crippen LogP contribution in [0.3, 0.4) is 0 Å². The molecule has 0 atom stereocenters. The number of methoxy groups -OCH3 is 1. The molecule has 0 aliphatic rings. The number of nitriles is 1. The summed E-state index contributed by atoms with van der Waals surface area (Å²) in [6.45, 7) is 8.90. The van der Waals surface area contributed by atoms with Gasteiger partial charge in [-0.15, -0.1) is 0 Å². The van der Waals surface area contributed by atoms with Gasteiger partial charge in [0.2, 0.25) is 0 Å². The third kappa shape index (κ3) is 7.04. The van der Waals surface area contributed by atoms with Gasteiger partial charge in [0.25, 0.3) is 5.91 Å². The van der Waals surface area contributed by atoms with E-state index in [1.165, 1.54) is 6.20 Å². The summed E-state index contributed by atoms with van der Waals surface area (Å²) in [5, 5.41) is 14.8. The molecule has 0 saturated carbocycles. The van der Waals surface area contributed by atoms with Crippen LogP contribution >= 0.6 is 0 Å². The van der Waals surface area contributed by atoms with Crippen LogP contribution in [0.1, 0.15) is 19.4 Å². The van der Waals surface area contributed by atoms with Crippen molar-refractivity contribution in [2.75, 3.05) is 43.6 Å².